The number of imidazole rings is 1. The monoisotopic (exact) mass is 419 g/mol. The molecule has 1 aliphatic heterocycles. The smallest absolute Gasteiger partial charge is 0.271 e. The zero-order valence-corrected chi connectivity index (χ0v) is 14.4. The molecule has 0 unspecified atom stereocenters. The minimum Gasteiger partial charge on any atom is -0.491 e. The van der Waals surface area contributed by atoms with Gasteiger partial charge in [-0.2, -0.15) is 0 Å². The maximum atomic E-state index is 12.4. The van der Waals surface area contributed by atoms with Gasteiger partial charge < -0.3 is 14.5 Å². The highest BCUT2D eigenvalue weighted by Gasteiger charge is 2.22. The van der Waals surface area contributed by atoms with Crippen molar-refractivity contribution in [1.82, 2.24) is 14.7 Å². The summed E-state index contributed by atoms with van der Waals surface area (Å²) in [7, 11) is 0. The molecule has 1 N–H and O–H groups in total. The Morgan fingerprint density at radius 1 is 1.26 bits per heavy atom. The fraction of sp³-hybridized carbons (Fsp3) is 0.176. The van der Waals surface area contributed by atoms with Crippen LogP contribution in [0.25, 0.3) is 5.65 Å². The normalized spacial score (nSPS) is 16.7. The van der Waals surface area contributed by atoms with Gasteiger partial charge in [-0.25, -0.2) is 4.98 Å². The Bertz CT molecular complexity index is 890. The number of carbonyl (C=O) groups is 1. The quantitative estimate of drug-likeness (QED) is 0.650. The summed E-state index contributed by atoms with van der Waals surface area (Å²) in [5, 5.41) is 3.01. The maximum absolute atomic E-state index is 12.4. The van der Waals surface area contributed by atoms with Crippen molar-refractivity contribution in [3.8, 4) is 5.75 Å². The number of hydrogen-bond donors (Lipinski definition) is 1. The van der Waals surface area contributed by atoms with Gasteiger partial charge in [-0.1, -0.05) is 18.2 Å². The predicted octanol–water partition coefficient (Wildman–Crippen LogP) is 2.67. The number of nitrogens with zero attached hydrogens (tertiary/aromatic N) is 2. The van der Waals surface area contributed by atoms with E-state index in [2.05, 4.69) is 32.9 Å². The molecule has 23 heavy (non-hydrogen) atoms. The highest BCUT2D eigenvalue weighted by molar-refractivity contribution is 14.1. The lowest BCUT2D eigenvalue weighted by Crippen LogP contribution is -2.42. The summed E-state index contributed by atoms with van der Waals surface area (Å²) in [4.78, 5) is 16.8. The topological polar surface area (TPSA) is 55.6 Å². The molecule has 0 saturated heterocycles. The average molecular weight is 419 g/mol. The van der Waals surface area contributed by atoms with Crippen molar-refractivity contribution in [3.05, 3.63) is 63.6 Å². The molecule has 0 aliphatic carbocycles. The van der Waals surface area contributed by atoms with Crippen molar-refractivity contribution in [1.29, 1.82) is 0 Å². The Morgan fingerprint density at radius 2 is 2.13 bits per heavy atom. The van der Waals surface area contributed by atoms with Crippen LogP contribution in [0.15, 0.2) is 48.8 Å². The first-order valence-electron chi connectivity index (χ1n) is 7.35. The molecular weight excluding hydrogens is 405 g/mol. The van der Waals surface area contributed by atoms with Gasteiger partial charge in [0.1, 0.15) is 23.7 Å². The molecule has 3 aromatic rings. The molecule has 1 aliphatic rings. The van der Waals surface area contributed by atoms with Crippen LogP contribution in [-0.4, -0.2) is 27.9 Å². The predicted molar refractivity (Wildman–Crippen MR) is 94.8 cm³/mol. The summed E-state index contributed by atoms with van der Waals surface area (Å²) in [6.07, 6.45) is 4.47. The standard InChI is InChI=1S/C17H14IN3O2/c18-12-5-6-16-20-14(9-21(16)8-12)17(22)19-13-7-11-3-1-2-4-15(11)23-10-13/h1-6,8-9,13H,7,10H2,(H,19,22)/t13-/m1/s1. The van der Waals surface area contributed by atoms with Gasteiger partial charge in [0.2, 0.25) is 0 Å². The summed E-state index contributed by atoms with van der Waals surface area (Å²) in [5.41, 5.74) is 2.31. The molecule has 4 rings (SSSR count). The van der Waals surface area contributed by atoms with Crippen molar-refractivity contribution in [2.24, 2.45) is 0 Å². The lowest BCUT2D eigenvalue weighted by atomic mass is 10.0. The number of nitrogens with one attached hydrogen (secondary N) is 1. The van der Waals surface area contributed by atoms with E-state index in [1.807, 2.05) is 47.0 Å². The van der Waals surface area contributed by atoms with E-state index in [0.717, 1.165) is 27.0 Å². The van der Waals surface area contributed by atoms with E-state index in [0.29, 0.717) is 12.3 Å². The highest BCUT2D eigenvalue weighted by atomic mass is 127. The largest absolute Gasteiger partial charge is 0.491 e. The third-order valence-corrected chi connectivity index (χ3v) is 4.50. The number of ether oxygens (including phenoxy) is 1. The number of benzene rings is 1. The lowest BCUT2D eigenvalue weighted by Gasteiger charge is -2.25. The molecule has 2 aromatic heterocycles. The van der Waals surface area contributed by atoms with Gasteiger partial charge in [0.05, 0.1) is 6.04 Å². The number of rotatable bonds is 2. The SMILES string of the molecule is O=C(N[C@H]1COc2ccccc2C1)c1cn2cc(I)ccc2n1. The lowest BCUT2D eigenvalue weighted by molar-refractivity contribution is 0.0911. The van der Waals surface area contributed by atoms with Gasteiger partial charge in [0, 0.05) is 16.0 Å². The van der Waals surface area contributed by atoms with Crippen molar-refractivity contribution in [2.45, 2.75) is 12.5 Å². The molecule has 6 heteroatoms. The van der Waals surface area contributed by atoms with Gasteiger partial charge >= 0.3 is 0 Å². The first-order valence-corrected chi connectivity index (χ1v) is 8.43. The van der Waals surface area contributed by atoms with E-state index in [9.17, 15) is 4.79 Å². The van der Waals surface area contributed by atoms with Crippen molar-refractivity contribution >= 4 is 34.1 Å². The van der Waals surface area contributed by atoms with Gasteiger partial charge in [-0.3, -0.25) is 4.79 Å². The maximum Gasteiger partial charge on any atom is 0.271 e. The highest BCUT2D eigenvalue weighted by Crippen LogP contribution is 2.24. The van der Waals surface area contributed by atoms with Crippen LogP contribution in [0, 0.1) is 3.57 Å². The molecule has 1 atom stereocenters. The number of para-hydroxylation sites is 1. The van der Waals surface area contributed by atoms with E-state index in [4.69, 9.17) is 4.74 Å². The number of halogens is 1. The molecule has 1 aromatic carbocycles. The molecule has 0 fully saturated rings. The molecule has 0 bridgehead atoms. The Kier molecular flexibility index (Phi) is 3.68. The van der Waals surface area contributed by atoms with E-state index in [-0.39, 0.29) is 11.9 Å². The molecule has 0 radical (unpaired) electrons. The number of fused-ring (bicyclic) bond motifs is 2. The Balaban J connectivity index is 1.51. The summed E-state index contributed by atoms with van der Waals surface area (Å²) in [6, 6.07) is 11.8. The number of aromatic nitrogens is 2. The fourth-order valence-corrected chi connectivity index (χ4v) is 3.23. The zero-order valence-electron chi connectivity index (χ0n) is 12.2. The Labute approximate surface area is 146 Å². The third kappa shape index (κ3) is 2.90. The first kappa shape index (κ1) is 14.5. The number of pyridine rings is 1. The minimum absolute atomic E-state index is 0.0395. The summed E-state index contributed by atoms with van der Waals surface area (Å²) < 4.78 is 8.66. The number of carbonyl (C=O) groups excluding carboxylic acids is 1. The average Bonchev–Trinajstić information content (AvgIpc) is 2.98. The minimum atomic E-state index is -0.170. The third-order valence-electron chi connectivity index (χ3n) is 3.86. The van der Waals surface area contributed by atoms with Crippen LogP contribution in [0.3, 0.4) is 0 Å². The van der Waals surface area contributed by atoms with E-state index < -0.39 is 0 Å². The van der Waals surface area contributed by atoms with E-state index in [1.54, 1.807) is 6.20 Å². The number of amides is 1. The summed E-state index contributed by atoms with van der Waals surface area (Å²) in [5.74, 6) is 0.733. The van der Waals surface area contributed by atoms with E-state index >= 15 is 0 Å². The second-order valence-corrected chi connectivity index (χ2v) is 6.78. The molecular formula is C17H14IN3O2. The first-order chi connectivity index (χ1) is 11.2. The Hall–Kier alpha value is -2.09. The van der Waals surface area contributed by atoms with Gasteiger partial charge in [0.15, 0.2) is 0 Å². The van der Waals surface area contributed by atoms with Gasteiger partial charge in [-0.05, 0) is 52.8 Å². The fourth-order valence-electron chi connectivity index (χ4n) is 2.75. The van der Waals surface area contributed by atoms with Crippen molar-refractivity contribution in [3.63, 3.8) is 0 Å². The van der Waals surface area contributed by atoms with Crippen LogP contribution >= 0.6 is 22.6 Å². The van der Waals surface area contributed by atoms with Crippen LogP contribution in [-0.2, 0) is 6.42 Å². The summed E-state index contributed by atoms with van der Waals surface area (Å²) >= 11 is 2.23. The van der Waals surface area contributed by atoms with Crippen molar-refractivity contribution < 1.29 is 9.53 Å². The zero-order chi connectivity index (χ0) is 15.8. The summed E-state index contributed by atoms with van der Waals surface area (Å²) in [6.45, 7) is 0.480. The second kappa shape index (κ2) is 5.84. The molecule has 5 nitrogen and oxygen atoms in total. The van der Waals surface area contributed by atoms with Crippen LogP contribution in [0.2, 0.25) is 0 Å². The molecule has 0 spiro atoms. The molecule has 116 valence electrons. The van der Waals surface area contributed by atoms with Gasteiger partial charge in [0.25, 0.3) is 5.91 Å². The molecule has 1 amide bonds. The Morgan fingerprint density at radius 3 is 3.04 bits per heavy atom. The van der Waals surface area contributed by atoms with Crippen LogP contribution in [0.1, 0.15) is 16.1 Å². The van der Waals surface area contributed by atoms with Gasteiger partial charge in [-0.15, -0.1) is 0 Å². The van der Waals surface area contributed by atoms with Crippen LogP contribution < -0.4 is 10.1 Å². The van der Waals surface area contributed by atoms with Crippen LogP contribution in [0.4, 0.5) is 0 Å². The van der Waals surface area contributed by atoms with E-state index in [1.165, 1.54) is 0 Å². The van der Waals surface area contributed by atoms with Crippen molar-refractivity contribution in [2.75, 3.05) is 6.61 Å². The second-order valence-electron chi connectivity index (χ2n) is 5.53. The molecule has 0 saturated carbocycles. The molecule has 3 heterocycles. The van der Waals surface area contributed by atoms with Crippen LogP contribution in [0.5, 0.6) is 5.75 Å². The number of hydrogen-bond acceptors (Lipinski definition) is 3.